The number of carbonyl (C=O) groups is 1. The summed E-state index contributed by atoms with van der Waals surface area (Å²) in [6, 6.07) is 15.6. The minimum absolute atomic E-state index is 0.124. The van der Waals surface area contributed by atoms with Gasteiger partial charge in [-0.1, -0.05) is 24.3 Å². The number of likely N-dealkylation sites (tertiary alicyclic amines) is 1. The molecule has 3 aromatic heterocycles. The first kappa shape index (κ1) is 20.3. The monoisotopic (exact) mass is 427 g/mol. The van der Waals surface area contributed by atoms with Gasteiger partial charge in [-0.2, -0.15) is 0 Å². The highest BCUT2D eigenvalue weighted by molar-refractivity contribution is 6.10. The fraction of sp³-hybridized carbons (Fsp3) is 0.280. The van der Waals surface area contributed by atoms with Crippen molar-refractivity contribution < 1.29 is 4.79 Å². The van der Waals surface area contributed by atoms with Crippen LogP contribution < -0.4 is 10.9 Å². The van der Waals surface area contributed by atoms with Crippen LogP contribution >= 0.6 is 0 Å². The number of piperidine rings is 1. The molecule has 0 aliphatic carbocycles. The topological polar surface area (TPSA) is 91.0 Å². The van der Waals surface area contributed by atoms with E-state index >= 15 is 0 Å². The lowest BCUT2D eigenvalue weighted by molar-refractivity contribution is -0.119. The molecule has 0 atom stereocenters. The summed E-state index contributed by atoms with van der Waals surface area (Å²) in [5, 5.41) is 6.17. The summed E-state index contributed by atoms with van der Waals surface area (Å²) in [6.45, 7) is 2.20. The van der Waals surface area contributed by atoms with Gasteiger partial charge in [0, 0.05) is 59.1 Å². The summed E-state index contributed by atoms with van der Waals surface area (Å²) in [7, 11) is 0. The van der Waals surface area contributed by atoms with Crippen molar-refractivity contribution in [2.75, 3.05) is 25.0 Å². The Morgan fingerprint density at radius 3 is 2.56 bits per heavy atom. The number of nitrogens with one attached hydrogen (secondary N) is 2. The fourth-order valence-corrected chi connectivity index (χ4v) is 4.49. The molecule has 0 bridgehead atoms. The molecule has 32 heavy (non-hydrogen) atoms. The molecule has 0 amide bonds. The predicted molar refractivity (Wildman–Crippen MR) is 126 cm³/mol. The van der Waals surface area contributed by atoms with Crippen molar-refractivity contribution in [2.24, 2.45) is 0 Å². The second kappa shape index (κ2) is 8.88. The van der Waals surface area contributed by atoms with Crippen LogP contribution in [0.2, 0.25) is 0 Å². The average Bonchev–Trinajstić information content (AvgIpc) is 2.81. The highest BCUT2D eigenvalue weighted by Crippen LogP contribution is 2.28. The zero-order valence-corrected chi connectivity index (χ0v) is 17.8. The van der Waals surface area contributed by atoms with Gasteiger partial charge in [0.2, 0.25) is 0 Å². The van der Waals surface area contributed by atoms with Gasteiger partial charge in [0.15, 0.2) is 5.78 Å². The predicted octanol–water partition coefficient (Wildman–Crippen LogP) is 3.16. The molecule has 5 rings (SSSR count). The van der Waals surface area contributed by atoms with Crippen LogP contribution in [0, 0.1) is 0 Å². The maximum atomic E-state index is 12.4. The third kappa shape index (κ3) is 4.24. The van der Waals surface area contributed by atoms with Crippen molar-refractivity contribution in [1.82, 2.24) is 19.9 Å². The van der Waals surface area contributed by atoms with E-state index in [2.05, 4.69) is 25.2 Å². The van der Waals surface area contributed by atoms with E-state index in [4.69, 9.17) is 0 Å². The fourth-order valence-electron chi connectivity index (χ4n) is 4.49. The Morgan fingerprint density at radius 1 is 1.00 bits per heavy atom. The SMILES string of the molecule is O=C(Cc1ccccn1)CN1CCC(Nc2ccnc3[nH]c(=O)c4ccccc4c23)CC1. The number of H-pyrrole nitrogens is 1. The van der Waals surface area contributed by atoms with Crippen LogP contribution in [-0.2, 0) is 11.2 Å². The minimum Gasteiger partial charge on any atom is -0.382 e. The third-order valence-corrected chi connectivity index (χ3v) is 6.08. The quantitative estimate of drug-likeness (QED) is 0.460. The highest BCUT2D eigenvalue weighted by Gasteiger charge is 2.22. The number of hydrogen-bond donors (Lipinski definition) is 2. The van der Waals surface area contributed by atoms with Crippen molar-refractivity contribution in [2.45, 2.75) is 25.3 Å². The molecule has 0 radical (unpaired) electrons. The lowest BCUT2D eigenvalue weighted by Crippen LogP contribution is -2.41. The molecule has 7 nitrogen and oxygen atoms in total. The van der Waals surface area contributed by atoms with Crippen molar-refractivity contribution in [3.8, 4) is 0 Å². The Bertz CT molecular complexity index is 1310. The van der Waals surface area contributed by atoms with E-state index < -0.39 is 0 Å². The van der Waals surface area contributed by atoms with E-state index in [1.807, 2.05) is 48.5 Å². The van der Waals surface area contributed by atoms with E-state index in [-0.39, 0.29) is 11.3 Å². The zero-order chi connectivity index (χ0) is 21.9. The Labute approximate surface area is 185 Å². The van der Waals surface area contributed by atoms with Gasteiger partial charge in [-0.15, -0.1) is 0 Å². The molecular formula is C25H25N5O2. The number of aromatic amines is 1. The first-order valence-electron chi connectivity index (χ1n) is 11.0. The Hall–Kier alpha value is -3.58. The number of carbonyl (C=O) groups excluding carboxylic acids is 1. The lowest BCUT2D eigenvalue weighted by Gasteiger charge is -2.32. The Kier molecular flexibility index (Phi) is 5.64. The van der Waals surface area contributed by atoms with Crippen LogP contribution in [0.5, 0.6) is 0 Å². The molecule has 1 aliphatic heterocycles. The molecule has 1 aromatic carbocycles. The molecule has 1 fully saturated rings. The molecular weight excluding hydrogens is 402 g/mol. The number of nitrogens with zero attached hydrogens (tertiary/aromatic N) is 3. The van der Waals surface area contributed by atoms with E-state index in [1.165, 1.54) is 0 Å². The van der Waals surface area contributed by atoms with Gasteiger partial charge in [0.05, 0.1) is 13.0 Å². The number of benzene rings is 1. The number of fused-ring (bicyclic) bond motifs is 3. The zero-order valence-electron chi connectivity index (χ0n) is 17.8. The second-order valence-corrected chi connectivity index (χ2v) is 8.31. The van der Waals surface area contributed by atoms with Gasteiger partial charge >= 0.3 is 0 Å². The van der Waals surface area contributed by atoms with E-state index in [1.54, 1.807) is 12.4 Å². The van der Waals surface area contributed by atoms with Crippen LogP contribution in [0.4, 0.5) is 5.69 Å². The van der Waals surface area contributed by atoms with Crippen LogP contribution in [0.15, 0.2) is 65.7 Å². The summed E-state index contributed by atoms with van der Waals surface area (Å²) >= 11 is 0. The Balaban J connectivity index is 1.26. The number of aromatic nitrogens is 3. The van der Waals surface area contributed by atoms with Gasteiger partial charge in [-0.3, -0.25) is 19.5 Å². The first-order valence-corrected chi connectivity index (χ1v) is 11.0. The van der Waals surface area contributed by atoms with Gasteiger partial charge < -0.3 is 10.3 Å². The highest BCUT2D eigenvalue weighted by atomic mass is 16.1. The van der Waals surface area contributed by atoms with Gasteiger partial charge in [0.25, 0.3) is 5.56 Å². The molecule has 7 heteroatoms. The van der Waals surface area contributed by atoms with Crippen LogP contribution in [0.1, 0.15) is 18.5 Å². The maximum Gasteiger partial charge on any atom is 0.257 e. The van der Waals surface area contributed by atoms with Crippen molar-refractivity contribution in [3.05, 3.63) is 77.0 Å². The number of ketones is 1. The van der Waals surface area contributed by atoms with Crippen LogP contribution in [0.3, 0.4) is 0 Å². The average molecular weight is 428 g/mol. The maximum absolute atomic E-state index is 12.4. The molecule has 0 saturated carbocycles. The van der Waals surface area contributed by atoms with Gasteiger partial charge in [-0.05, 0) is 37.1 Å². The molecule has 0 spiro atoms. The normalized spacial score (nSPS) is 15.2. The first-order chi connectivity index (χ1) is 15.7. The molecule has 162 valence electrons. The molecule has 0 unspecified atom stereocenters. The molecule has 4 aromatic rings. The van der Waals surface area contributed by atoms with E-state index in [0.717, 1.165) is 48.1 Å². The van der Waals surface area contributed by atoms with Crippen LogP contribution in [0.25, 0.3) is 21.8 Å². The second-order valence-electron chi connectivity index (χ2n) is 8.31. The summed E-state index contributed by atoms with van der Waals surface area (Å²) < 4.78 is 0. The smallest absolute Gasteiger partial charge is 0.257 e. The largest absolute Gasteiger partial charge is 0.382 e. The molecule has 2 N–H and O–H groups in total. The number of Topliss-reactive ketones (excluding diaryl/α,β-unsaturated/α-hetero) is 1. The number of hydrogen-bond acceptors (Lipinski definition) is 6. The van der Waals surface area contributed by atoms with Gasteiger partial charge in [-0.25, -0.2) is 4.98 Å². The van der Waals surface area contributed by atoms with Gasteiger partial charge in [0.1, 0.15) is 5.65 Å². The summed E-state index contributed by atoms with van der Waals surface area (Å²) in [5.74, 6) is 0.200. The molecule has 1 saturated heterocycles. The van der Waals surface area contributed by atoms with Crippen molar-refractivity contribution in [3.63, 3.8) is 0 Å². The third-order valence-electron chi connectivity index (χ3n) is 6.08. The van der Waals surface area contributed by atoms with Crippen molar-refractivity contribution >= 4 is 33.3 Å². The Morgan fingerprint density at radius 2 is 1.78 bits per heavy atom. The summed E-state index contributed by atoms with van der Waals surface area (Å²) in [6.07, 6.45) is 5.72. The summed E-state index contributed by atoms with van der Waals surface area (Å²) in [4.78, 5) is 38.5. The summed E-state index contributed by atoms with van der Waals surface area (Å²) in [5.41, 5.74) is 2.27. The number of anilines is 1. The molecule has 1 aliphatic rings. The van der Waals surface area contributed by atoms with Crippen molar-refractivity contribution in [1.29, 1.82) is 0 Å². The number of rotatable bonds is 6. The lowest BCUT2D eigenvalue weighted by atomic mass is 10.0. The number of pyridine rings is 3. The van der Waals surface area contributed by atoms with E-state index in [9.17, 15) is 9.59 Å². The van der Waals surface area contributed by atoms with Crippen LogP contribution in [-0.4, -0.2) is 51.3 Å². The molecule has 4 heterocycles. The van der Waals surface area contributed by atoms with E-state index in [0.29, 0.717) is 30.0 Å². The standard InChI is InChI=1S/C25H25N5O2/c31-19(15-18-5-3-4-11-26-18)16-30-13-9-17(10-14-30)28-22-8-12-27-24-23(22)20-6-1-2-7-21(20)25(32)29-24/h1-8,11-12,17H,9-10,13-16H2,(H2,27,28,29,32). The minimum atomic E-state index is -0.124.